The van der Waals surface area contributed by atoms with Crippen LogP contribution in [0, 0.1) is 18.6 Å². The molecular formula is C18H21F2N3. The van der Waals surface area contributed by atoms with E-state index in [-0.39, 0.29) is 11.6 Å². The summed E-state index contributed by atoms with van der Waals surface area (Å²) in [6, 6.07) is 11.2. The Kier molecular flexibility index (Phi) is 6.09. The fourth-order valence-electron chi connectivity index (χ4n) is 2.31. The summed E-state index contributed by atoms with van der Waals surface area (Å²) in [5, 5.41) is 6.33. The van der Waals surface area contributed by atoms with Gasteiger partial charge in [-0.15, -0.1) is 0 Å². The lowest BCUT2D eigenvalue weighted by Gasteiger charge is -2.13. The highest BCUT2D eigenvalue weighted by Crippen LogP contribution is 2.10. The van der Waals surface area contributed by atoms with Gasteiger partial charge in [0.25, 0.3) is 0 Å². The summed E-state index contributed by atoms with van der Waals surface area (Å²) in [5.74, 6) is 0.180. The lowest BCUT2D eigenvalue weighted by molar-refractivity contribution is 0.624. The van der Waals surface area contributed by atoms with E-state index in [1.54, 1.807) is 19.2 Å². The van der Waals surface area contributed by atoms with Crippen molar-refractivity contribution in [2.24, 2.45) is 4.99 Å². The van der Waals surface area contributed by atoms with E-state index in [4.69, 9.17) is 0 Å². The number of halogens is 2. The van der Waals surface area contributed by atoms with Crippen LogP contribution < -0.4 is 10.6 Å². The lowest BCUT2D eigenvalue weighted by atomic mass is 10.1. The second-order valence-electron chi connectivity index (χ2n) is 5.30. The summed E-state index contributed by atoms with van der Waals surface area (Å²) in [7, 11) is 1.68. The molecule has 0 aliphatic carbocycles. The van der Waals surface area contributed by atoms with E-state index in [2.05, 4.69) is 15.6 Å². The molecule has 23 heavy (non-hydrogen) atoms. The molecule has 0 unspecified atom stereocenters. The third-order valence-corrected chi connectivity index (χ3v) is 3.56. The molecule has 2 aromatic rings. The van der Waals surface area contributed by atoms with E-state index >= 15 is 0 Å². The van der Waals surface area contributed by atoms with Crippen LogP contribution in [0.1, 0.15) is 16.7 Å². The van der Waals surface area contributed by atoms with Crippen molar-refractivity contribution in [1.82, 2.24) is 10.6 Å². The van der Waals surface area contributed by atoms with Crippen LogP contribution in [-0.4, -0.2) is 19.6 Å². The van der Waals surface area contributed by atoms with Crippen molar-refractivity contribution >= 4 is 5.96 Å². The van der Waals surface area contributed by atoms with Gasteiger partial charge in [-0.2, -0.15) is 0 Å². The van der Waals surface area contributed by atoms with Gasteiger partial charge in [-0.1, -0.05) is 18.2 Å². The number of rotatable bonds is 5. The smallest absolute Gasteiger partial charge is 0.191 e. The highest BCUT2D eigenvalue weighted by molar-refractivity contribution is 5.79. The maximum Gasteiger partial charge on any atom is 0.191 e. The molecule has 0 aliphatic rings. The van der Waals surface area contributed by atoms with E-state index in [0.29, 0.717) is 19.0 Å². The normalized spacial score (nSPS) is 11.4. The molecule has 0 radical (unpaired) electrons. The summed E-state index contributed by atoms with van der Waals surface area (Å²) in [6.07, 6.45) is 0.771. The quantitative estimate of drug-likeness (QED) is 0.656. The maximum atomic E-state index is 13.1. The summed E-state index contributed by atoms with van der Waals surface area (Å²) < 4.78 is 26.2. The number of nitrogens with zero attached hydrogens (tertiary/aromatic N) is 1. The Morgan fingerprint density at radius 3 is 2.52 bits per heavy atom. The van der Waals surface area contributed by atoms with E-state index < -0.39 is 0 Å². The predicted molar refractivity (Wildman–Crippen MR) is 89.4 cm³/mol. The van der Waals surface area contributed by atoms with Crippen molar-refractivity contribution in [3.05, 3.63) is 70.8 Å². The zero-order chi connectivity index (χ0) is 16.7. The summed E-state index contributed by atoms with van der Waals surface area (Å²) in [5.41, 5.74) is 2.89. The van der Waals surface area contributed by atoms with Crippen molar-refractivity contribution < 1.29 is 8.78 Å². The third-order valence-electron chi connectivity index (χ3n) is 3.56. The molecule has 0 heterocycles. The number of hydrogen-bond acceptors (Lipinski definition) is 1. The van der Waals surface area contributed by atoms with Crippen molar-refractivity contribution in [3.63, 3.8) is 0 Å². The average molecular weight is 317 g/mol. The van der Waals surface area contributed by atoms with Gasteiger partial charge in [-0.25, -0.2) is 8.78 Å². The molecular weight excluding hydrogens is 296 g/mol. The molecule has 0 saturated carbocycles. The van der Waals surface area contributed by atoms with Crippen LogP contribution in [0.25, 0.3) is 0 Å². The first-order valence-corrected chi connectivity index (χ1v) is 7.52. The molecule has 2 rings (SSSR count). The first-order chi connectivity index (χ1) is 11.1. The third kappa shape index (κ3) is 5.36. The molecule has 0 fully saturated rings. The Bertz CT molecular complexity index is 684. The van der Waals surface area contributed by atoms with Gasteiger partial charge in [0.05, 0.1) is 0 Å². The largest absolute Gasteiger partial charge is 0.356 e. The van der Waals surface area contributed by atoms with Gasteiger partial charge in [0.1, 0.15) is 11.6 Å². The fourth-order valence-corrected chi connectivity index (χ4v) is 2.31. The van der Waals surface area contributed by atoms with Gasteiger partial charge >= 0.3 is 0 Å². The molecule has 122 valence electrons. The second kappa shape index (κ2) is 8.27. The van der Waals surface area contributed by atoms with Gasteiger partial charge in [0.15, 0.2) is 5.96 Å². The van der Waals surface area contributed by atoms with Crippen LogP contribution in [0.5, 0.6) is 0 Å². The molecule has 0 atom stereocenters. The standard InChI is InChI=1S/C18H21F2N3/c1-13-10-17(20)7-6-15(13)8-9-22-18(21-2)23-12-14-4-3-5-16(19)11-14/h3-7,10-11H,8-9,12H2,1-2H3,(H2,21,22,23). The topological polar surface area (TPSA) is 36.4 Å². The minimum atomic E-state index is -0.251. The van der Waals surface area contributed by atoms with E-state index in [9.17, 15) is 8.78 Å². The van der Waals surface area contributed by atoms with Crippen molar-refractivity contribution in [3.8, 4) is 0 Å². The van der Waals surface area contributed by atoms with Crippen LogP contribution in [0.15, 0.2) is 47.5 Å². The fraction of sp³-hybridized carbons (Fsp3) is 0.278. The Labute approximate surface area is 135 Å². The Morgan fingerprint density at radius 1 is 1.04 bits per heavy atom. The maximum absolute atomic E-state index is 13.1. The number of aliphatic imine (C=N–C) groups is 1. The summed E-state index contributed by atoms with van der Waals surface area (Å²) in [4.78, 5) is 4.13. The van der Waals surface area contributed by atoms with Gasteiger partial charge in [-0.05, 0) is 54.3 Å². The van der Waals surface area contributed by atoms with E-state index in [1.807, 2.05) is 13.0 Å². The van der Waals surface area contributed by atoms with Crippen LogP contribution in [0.3, 0.4) is 0 Å². The Balaban J connectivity index is 1.81. The monoisotopic (exact) mass is 317 g/mol. The SMILES string of the molecule is CN=C(NCCc1ccc(F)cc1C)NCc1cccc(F)c1. The minimum absolute atomic E-state index is 0.216. The molecule has 5 heteroatoms. The zero-order valence-electron chi connectivity index (χ0n) is 13.4. The molecule has 0 spiro atoms. The molecule has 2 N–H and O–H groups in total. The highest BCUT2D eigenvalue weighted by atomic mass is 19.1. The van der Waals surface area contributed by atoms with Crippen LogP contribution in [0.4, 0.5) is 8.78 Å². The number of aryl methyl sites for hydroxylation is 1. The Hall–Kier alpha value is -2.43. The number of guanidine groups is 1. The molecule has 3 nitrogen and oxygen atoms in total. The predicted octanol–water partition coefficient (Wildman–Crippen LogP) is 3.18. The highest BCUT2D eigenvalue weighted by Gasteiger charge is 2.02. The number of hydrogen-bond donors (Lipinski definition) is 2. The minimum Gasteiger partial charge on any atom is -0.356 e. The van der Waals surface area contributed by atoms with Gasteiger partial charge < -0.3 is 10.6 Å². The van der Waals surface area contributed by atoms with Crippen LogP contribution in [-0.2, 0) is 13.0 Å². The molecule has 2 aromatic carbocycles. The average Bonchev–Trinajstić information content (AvgIpc) is 2.52. The van der Waals surface area contributed by atoms with Crippen molar-refractivity contribution in [1.29, 1.82) is 0 Å². The van der Waals surface area contributed by atoms with Crippen molar-refractivity contribution in [2.75, 3.05) is 13.6 Å². The lowest BCUT2D eigenvalue weighted by Crippen LogP contribution is -2.37. The van der Waals surface area contributed by atoms with Crippen molar-refractivity contribution in [2.45, 2.75) is 19.9 Å². The zero-order valence-corrected chi connectivity index (χ0v) is 13.4. The molecule has 0 aliphatic heterocycles. The molecule has 0 amide bonds. The van der Waals surface area contributed by atoms with E-state index in [1.165, 1.54) is 24.3 Å². The summed E-state index contributed by atoms with van der Waals surface area (Å²) in [6.45, 7) is 3.07. The van der Waals surface area contributed by atoms with Crippen LogP contribution >= 0.6 is 0 Å². The van der Waals surface area contributed by atoms with Gasteiger partial charge in [0.2, 0.25) is 0 Å². The first kappa shape index (κ1) is 16.9. The Morgan fingerprint density at radius 2 is 1.83 bits per heavy atom. The molecule has 0 saturated heterocycles. The van der Waals surface area contributed by atoms with Crippen LogP contribution in [0.2, 0.25) is 0 Å². The number of benzene rings is 2. The van der Waals surface area contributed by atoms with E-state index in [0.717, 1.165) is 23.1 Å². The summed E-state index contributed by atoms with van der Waals surface area (Å²) >= 11 is 0. The molecule has 0 aromatic heterocycles. The second-order valence-corrected chi connectivity index (χ2v) is 5.30. The number of nitrogens with one attached hydrogen (secondary N) is 2. The van der Waals surface area contributed by atoms with Gasteiger partial charge in [-0.3, -0.25) is 4.99 Å². The van der Waals surface area contributed by atoms with Gasteiger partial charge in [0, 0.05) is 20.1 Å². The first-order valence-electron chi connectivity index (χ1n) is 7.52. The molecule has 0 bridgehead atoms.